The lowest BCUT2D eigenvalue weighted by Gasteiger charge is -2.14. The minimum atomic E-state index is -0.364. The van der Waals surface area contributed by atoms with Gasteiger partial charge >= 0.3 is 0 Å². The van der Waals surface area contributed by atoms with Crippen LogP contribution in [0.4, 0.5) is 10.1 Å². The van der Waals surface area contributed by atoms with Crippen LogP contribution in [0.2, 0.25) is 5.02 Å². The molecule has 1 N–H and O–H groups in total. The molecule has 0 fully saturated rings. The zero-order valence-electron chi connectivity index (χ0n) is 18.8. The first-order chi connectivity index (χ1) is 16.9. The maximum atomic E-state index is 13.3. The third-order valence-corrected chi connectivity index (χ3v) is 7.49. The highest BCUT2D eigenvalue weighted by Gasteiger charge is 2.09. The van der Waals surface area contributed by atoms with Crippen LogP contribution >= 0.6 is 38.9 Å². The summed E-state index contributed by atoms with van der Waals surface area (Å²) in [6, 6.07) is 24.8. The van der Waals surface area contributed by atoms with E-state index in [0.717, 1.165) is 43.1 Å². The molecule has 0 saturated carbocycles. The van der Waals surface area contributed by atoms with E-state index in [-0.39, 0.29) is 12.4 Å². The summed E-state index contributed by atoms with van der Waals surface area (Å²) in [5, 5.41) is 4.83. The molecule has 0 aliphatic carbocycles. The van der Waals surface area contributed by atoms with Gasteiger partial charge in [-0.2, -0.15) is 0 Å². The van der Waals surface area contributed by atoms with Gasteiger partial charge in [0.15, 0.2) is 0 Å². The molecule has 0 spiro atoms. The fourth-order valence-electron chi connectivity index (χ4n) is 3.70. The molecule has 0 amide bonds. The molecule has 4 aromatic carbocycles. The molecule has 0 saturated heterocycles. The van der Waals surface area contributed by atoms with Gasteiger partial charge in [-0.3, -0.25) is 0 Å². The minimum Gasteiger partial charge on any atom is -0.488 e. The van der Waals surface area contributed by atoms with Gasteiger partial charge in [0.25, 0.3) is 0 Å². The lowest BCUT2D eigenvalue weighted by Crippen LogP contribution is -2.04. The van der Waals surface area contributed by atoms with Crippen LogP contribution in [0.15, 0.2) is 83.3 Å². The van der Waals surface area contributed by atoms with E-state index in [1.807, 2.05) is 18.2 Å². The van der Waals surface area contributed by atoms with Crippen molar-refractivity contribution in [3.8, 4) is 16.3 Å². The van der Waals surface area contributed by atoms with E-state index in [4.69, 9.17) is 21.3 Å². The molecule has 35 heavy (non-hydrogen) atoms. The van der Waals surface area contributed by atoms with Gasteiger partial charge in [-0.1, -0.05) is 39.7 Å². The Labute approximate surface area is 220 Å². The van der Waals surface area contributed by atoms with Crippen molar-refractivity contribution in [2.24, 2.45) is 0 Å². The van der Waals surface area contributed by atoms with Gasteiger partial charge < -0.3 is 10.1 Å². The van der Waals surface area contributed by atoms with Gasteiger partial charge in [-0.25, -0.2) is 9.37 Å². The maximum absolute atomic E-state index is 13.3. The van der Waals surface area contributed by atoms with Gasteiger partial charge in [0.2, 0.25) is 0 Å². The predicted octanol–water partition coefficient (Wildman–Crippen LogP) is 9.02. The number of ether oxygens (including phenoxy) is 1. The number of anilines is 1. The predicted molar refractivity (Wildman–Crippen MR) is 147 cm³/mol. The molecule has 0 atom stereocenters. The van der Waals surface area contributed by atoms with Gasteiger partial charge in [0.1, 0.15) is 23.2 Å². The summed E-state index contributed by atoms with van der Waals surface area (Å²) < 4.78 is 21.5. The first-order valence-corrected chi connectivity index (χ1v) is 13.0. The summed E-state index contributed by atoms with van der Waals surface area (Å²) >= 11 is 11.4. The number of thiazole rings is 1. The minimum absolute atomic E-state index is 0.254. The molecule has 5 rings (SSSR count). The molecule has 176 valence electrons. The number of aromatic nitrogens is 1. The fraction of sp³-hybridized carbons (Fsp3) is 0.107. The molecule has 1 aromatic heterocycles. The van der Waals surface area contributed by atoms with E-state index in [2.05, 4.69) is 70.6 Å². The van der Waals surface area contributed by atoms with E-state index in [0.29, 0.717) is 11.6 Å². The third kappa shape index (κ3) is 5.67. The van der Waals surface area contributed by atoms with Crippen LogP contribution < -0.4 is 10.1 Å². The van der Waals surface area contributed by atoms with Crippen molar-refractivity contribution in [3.63, 3.8) is 0 Å². The van der Waals surface area contributed by atoms with E-state index < -0.39 is 0 Å². The quantitative estimate of drug-likeness (QED) is 0.213. The highest BCUT2D eigenvalue weighted by Crippen LogP contribution is 2.32. The number of aryl methyl sites for hydroxylation is 1. The second-order valence-electron chi connectivity index (χ2n) is 8.20. The fourth-order valence-corrected chi connectivity index (χ4v) is 5.40. The van der Waals surface area contributed by atoms with Gasteiger partial charge in [0, 0.05) is 33.4 Å². The van der Waals surface area contributed by atoms with Crippen LogP contribution in [0.3, 0.4) is 0 Å². The van der Waals surface area contributed by atoms with Gasteiger partial charge in [0.05, 0.1) is 15.2 Å². The number of hydrogen-bond acceptors (Lipinski definition) is 4. The standard InChI is InChI=1S/C28H21BrClFN2OS/c1-17-2-10-25-27(12-17)35-28(33-25)18-4-8-23(9-5-18)32-15-20-13-21(29)6-11-26(20)34-16-19-3-7-22(31)14-24(19)30/h2-14,32H,15-16H2,1H3. The summed E-state index contributed by atoms with van der Waals surface area (Å²) in [4.78, 5) is 4.77. The summed E-state index contributed by atoms with van der Waals surface area (Å²) in [5.41, 5.74) is 6.08. The average molecular weight is 568 g/mol. The first-order valence-electron chi connectivity index (χ1n) is 11.0. The maximum Gasteiger partial charge on any atom is 0.124 e. The zero-order valence-corrected chi connectivity index (χ0v) is 22.0. The number of benzene rings is 4. The number of fused-ring (bicyclic) bond motifs is 1. The molecule has 5 aromatic rings. The molecule has 3 nitrogen and oxygen atoms in total. The van der Waals surface area contributed by atoms with Crippen molar-refractivity contribution in [1.29, 1.82) is 0 Å². The van der Waals surface area contributed by atoms with Crippen molar-refractivity contribution in [2.75, 3.05) is 5.32 Å². The van der Waals surface area contributed by atoms with Gasteiger partial charge in [-0.15, -0.1) is 11.3 Å². The molecule has 0 bridgehead atoms. The van der Waals surface area contributed by atoms with E-state index >= 15 is 0 Å². The zero-order chi connectivity index (χ0) is 24.4. The van der Waals surface area contributed by atoms with Crippen LogP contribution in [-0.2, 0) is 13.2 Å². The monoisotopic (exact) mass is 566 g/mol. The van der Waals surface area contributed by atoms with E-state index in [9.17, 15) is 4.39 Å². The second-order valence-corrected chi connectivity index (χ2v) is 10.6. The number of rotatable bonds is 7. The van der Waals surface area contributed by atoms with Crippen molar-refractivity contribution in [1.82, 2.24) is 4.98 Å². The Morgan fingerprint density at radius 2 is 1.80 bits per heavy atom. The molecule has 0 unspecified atom stereocenters. The highest BCUT2D eigenvalue weighted by molar-refractivity contribution is 9.10. The summed E-state index contributed by atoms with van der Waals surface area (Å²) in [6.07, 6.45) is 0. The molecule has 0 radical (unpaired) electrons. The smallest absolute Gasteiger partial charge is 0.124 e. The highest BCUT2D eigenvalue weighted by atomic mass is 79.9. The van der Waals surface area contributed by atoms with Gasteiger partial charge in [-0.05, 0) is 79.2 Å². The van der Waals surface area contributed by atoms with Crippen LogP contribution in [-0.4, -0.2) is 4.98 Å². The van der Waals surface area contributed by atoms with Crippen LogP contribution in [0.25, 0.3) is 20.8 Å². The summed E-state index contributed by atoms with van der Waals surface area (Å²) in [6.45, 7) is 2.93. The van der Waals surface area contributed by atoms with E-state index in [1.54, 1.807) is 17.4 Å². The Morgan fingerprint density at radius 1 is 0.971 bits per heavy atom. The molecule has 7 heteroatoms. The van der Waals surface area contributed by atoms with Crippen molar-refractivity contribution in [3.05, 3.63) is 111 Å². The molecular weight excluding hydrogens is 547 g/mol. The van der Waals surface area contributed by atoms with Crippen LogP contribution in [0.5, 0.6) is 5.75 Å². The lowest BCUT2D eigenvalue weighted by molar-refractivity contribution is 0.303. The molecule has 0 aliphatic heterocycles. The SMILES string of the molecule is Cc1ccc2nc(-c3ccc(NCc4cc(Br)ccc4OCc4ccc(F)cc4Cl)cc3)sc2c1. The Morgan fingerprint density at radius 3 is 2.60 bits per heavy atom. The largest absolute Gasteiger partial charge is 0.488 e. The Hall–Kier alpha value is -2.93. The Kier molecular flexibility index (Phi) is 7.04. The lowest BCUT2D eigenvalue weighted by atomic mass is 10.1. The topological polar surface area (TPSA) is 34.2 Å². The van der Waals surface area contributed by atoms with Crippen LogP contribution in [0.1, 0.15) is 16.7 Å². The number of halogens is 3. The number of hydrogen-bond donors (Lipinski definition) is 1. The molecular formula is C28H21BrClFN2OS. The Bertz CT molecular complexity index is 1500. The first kappa shape index (κ1) is 23.8. The third-order valence-electron chi connectivity index (χ3n) is 5.58. The van der Waals surface area contributed by atoms with Crippen molar-refractivity contribution >= 4 is 54.8 Å². The van der Waals surface area contributed by atoms with Crippen molar-refractivity contribution < 1.29 is 9.13 Å². The molecule has 1 heterocycles. The summed E-state index contributed by atoms with van der Waals surface area (Å²) in [7, 11) is 0. The molecule has 0 aliphatic rings. The Balaban J connectivity index is 1.27. The second kappa shape index (κ2) is 10.4. The average Bonchev–Trinajstić information content (AvgIpc) is 3.26. The van der Waals surface area contributed by atoms with Crippen molar-refractivity contribution in [2.45, 2.75) is 20.1 Å². The van der Waals surface area contributed by atoms with Crippen LogP contribution in [0, 0.1) is 12.7 Å². The number of nitrogens with zero attached hydrogens (tertiary/aromatic N) is 1. The summed E-state index contributed by atoms with van der Waals surface area (Å²) in [5.74, 6) is 0.374. The van der Waals surface area contributed by atoms with E-state index in [1.165, 1.54) is 22.4 Å². The number of nitrogens with one attached hydrogen (secondary N) is 1. The normalized spacial score (nSPS) is 11.1.